The van der Waals surface area contributed by atoms with Crippen molar-refractivity contribution in [1.82, 2.24) is 24.8 Å². The number of hydrogen-bond acceptors (Lipinski definition) is 11. The van der Waals surface area contributed by atoms with E-state index in [4.69, 9.17) is 14.2 Å². The molecule has 192 valence electrons. The van der Waals surface area contributed by atoms with Gasteiger partial charge in [0.25, 0.3) is 0 Å². The zero-order valence-electron chi connectivity index (χ0n) is 21.1. The average Bonchev–Trinajstić information content (AvgIpc) is 2.94. The van der Waals surface area contributed by atoms with Crippen LogP contribution in [0, 0.1) is 11.3 Å². The minimum absolute atomic E-state index is 0.0246. The van der Waals surface area contributed by atoms with Crippen LogP contribution in [0.5, 0.6) is 11.5 Å². The van der Waals surface area contributed by atoms with Crippen LogP contribution in [0.4, 0.5) is 17.5 Å². The third-order valence-corrected chi connectivity index (χ3v) is 6.48. The maximum Gasteiger partial charge on any atom is 0.227 e. The topological polar surface area (TPSA) is 122 Å². The number of piperazine rings is 1. The Labute approximate surface area is 216 Å². The van der Waals surface area contributed by atoms with Gasteiger partial charge in [-0.1, -0.05) is 0 Å². The quantitative estimate of drug-likeness (QED) is 0.513. The second-order valence-corrected chi connectivity index (χ2v) is 9.04. The first kappa shape index (κ1) is 24.7. The first-order valence-corrected chi connectivity index (χ1v) is 12.4. The molecular weight excluding hydrogens is 472 g/mol. The van der Waals surface area contributed by atoms with Crippen LogP contribution in [0.25, 0.3) is 11.4 Å². The first-order chi connectivity index (χ1) is 18.1. The summed E-state index contributed by atoms with van der Waals surface area (Å²) < 4.78 is 17.0. The Morgan fingerprint density at radius 2 is 1.84 bits per heavy atom. The summed E-state index contributed by atoms with van der Waals surface area (Å²) in [7, 11) is 3.76. The van der Waals surface area contributed by atoms with Crippen LogP contribution in [-0.4, -0.2) is 84.5 Å². The highest BCUT2D eigenvalue weighted by atomic mass is 16.5. The first-order valence-electron chi connectivity index (χ1n) is 12.4. The van der Waals surface area contributed by atoms with Crippen LogP contribution in [0.3, 0.4) is 0 Å². The number of aromatic nitrogens is 4. The molecule has 0 bridgehead atoms. The Morgan fingerprint density at radius 3 is 2.59 bits per heavy atom. The number of nitriles is 1. The largest absolute Gasteiger partial charge is 0.493 e. The van der Waals surface area contributed by atoms with Crippen molar-refractivity contribution in [1.29, 1.82) is 5.26 Å². The molecule has 0 aromatic carbocycles. The van der Waals surface area contributed by atoms with E-state index in [-0.39, 0.29) is 6.10 Å². The molecule has 0 spiro atoms. The van der Waals surface area contributed by atoms with Crippen molar-refractivity contribution >= 4 is 17.5 Å². The standard InChI is InChI=1S/C26H30N8O3/c1-33-7-9-34(10-8-33)25-23(35-2)14-19(16-30-25)31-26-28-6-3-21(32-26)22-13-18(15-27)24(17-29-22)37-20-4-11-36-12-5-20/h3,6,13-14,16-17,20H,4-5,7-12H2,1-2H3,(H,28,31,32). The predicted octanol–water partition coefficient (Wildman–Crippen LogP) is 2.87. The van der Waals surface area contributed by atoms with Crippen molar-refractivity contribution < 1.29 is 14.2 Å². The SMILES string of the molecule is COc1cc(Nc2nccc(-c3cc(C#N)c(OC4CCOCC4)cn3)n2)cnc1N1CCN(C)CC1. The van der Waals surface area contributed by atoms with Crippen LogP contribution in [0.1, 0.15) is 18.4 Å². The minimum Gasteiger partial charge on any atom is -0.493 e. The van der Waals surface area contributed by atoms with E-state index in [0.717, 1.165) is 44.8 Å². The molecule has 2 aliphatic rings. The molecular formula is C26H30N8O3. The Kier molecular flexibility index (Phi) is 7.58. The summed E-state index contributed by atoms with van der Waals surface area (Å²) in [5.41, 5.74) is 2.26. The minimum atomic E-state index is 0.0246. The summed E-state index contributed by atoms with van der Waals surface area (Å²) in [4.78, 5) is 22.6. The Hall–Kier alpha value is -4.01. The molecule has 1 N–H and O–H groups in total. The maximum atomic E-state index is 9.70. The third kappa shape index (κ3) is 5.87. The summed E-state index contributed by atoms with van der Waals surface area (Å²) in [6, 6.07) is 7.55. The molecule has 11 nitrogen and oxygen atoms in total. The van der Waals surface area contributed by atoms with E-state index in [1.54, 1.807) is 37.8 Å². The molecule has 3 aromatic rings. The van der Waals surface area contributed by atoms with E-state index in [1.165, 1.54) is 0 Å². The number of rotatable bonds is 7. The monoisotopic (exact) mass is 502 g/mol. The molecule has 3 aromatic heterocycles. The van der Waals surface area contributed by atoms with Crippen molar-refractivity contribution in [2.75, 3.05) is 63.8 Å². The van der Waals surface area contributed by atoms with Crippen LogP contribution in [0.15, 0.2) is 36.8 Å². The van der Waals surface area contributed by atoms with Crippen LogP contribution < -0.4 is 19.7 Å². The van der Waals surface area contributed by atoms with Crippen molar-refractivity contribution in [3.8, 4) is 29.0 Å². The second kappa shape index (κ2) is 11.4. The molecule has 0 atom stereocenters. The number of ether oxygens (including phenoxy) is 3. The van der Waals surface area contributed by atoms with E-state index in [2.05, 4.69) is 48.2 Å². The summed E-state index contributed by atoms with van der Waals surface area (Å²) in [6.07, 6.45) is 6.60. The van der Waals surface area contributed by atoms with Gasteiger partial charge in [0.05, 0.1) is 55.4 Å². The van der Waals surface area contributed by atoms with E-state index in [0.29, 0.717) is 53.3 Å². The summed E-state index contributed by atoms with van der Waals surface area (Å²) in [6.45, 7) is 5.08. The van der Waals surface area contributed by atoms with Gasteiger partial charge in [0.1, 0.15) is 12.2 Å². The van der Waals surface area contributed by atoms with Gasteiger partial charge in [0.2, 0.25) is 5.95 Å². The third-order valence-electron chi connectivity index (χ3n) is 6.48. The van der Waals surface area contributed by atoms with E-state index in [1.807, 2.05) is 6.07 Å². The van der Waals surface area contributed by atoms with Gasteiger partial charge < -0.3 is 29.3 Å². The van der Waals surface area contributed by atoms with Crippen LogP contribution in [-0.2, 0) is 4.74 Å². The lowest BCUT2D eigenvalue weighted by Gasteiger charge is -2.33. The zero-order valence-corrected chi connectivity index (χ0v) is 21.1. The van der Waals surface area contributed by atoms with Crippen molar-refractivity contribution in [3.05, 3.63) is 42.4 Å². The van der Waals surface area contributed by atoms with Crippen LogP contribution >= 0.6 is 0 Å². The zero-order chi connectivity index (χ0) is 25.6. The van der Waals surface area contributed by atoms with Crippen molar-refractivity contribution in [3.63, 3.8) is 0 Å². The molecule has 5 rings (SSSR count). The molecule has 2 aliphatic heterocycles. The van der Waals surface area contributed by atoms with Gasteiger partial charge in [-0.25, -0.2) is 15.0 Å². The molecule has 0 amide bonds. The summed E-state index contributed by atoms with van der Waals surface area (Å²) >= 11 is 0. The number of likely N-dealkylation sites (N-methyl/N-ethyl adjacent to an activating group) is 1. The molecule has 0 radical (unpaired) electrons. The fraction of sp³-hybridized carbons (Fsp3) is 0.423. The van der Waals surface area contributed by atoms with Crippen molar-refractivity contribution in [2.45, 2.75) is 18.9 Å². The number of methoxy groups -OCH3 is 1. The van der Waals surface area contributed by atoms with Gasteiger partial charge in [0, 0.05) is 51.3 Å². The number of anilines is 3. The van der Waals surface area contributed by atoms with Gasteiger partial charge in [-0.3, -0.25) is 4.98 Å². The van der Waals surface area contributed by atoms with E-state index in [9.17, 15) is 5.26 Å². The highest BCUT2D eigenvalue weighted by Gasteiger charge is 2.20. The van der Waals surface area contributed by atoms with E-state index < -0.39 is 0 Å². The van der Waals surface area contributed by atoms with Gasteiger partial charge in [-0.2, -0.15) is 5.26 Å². The predicted molar refractivity (Wildman–Crippen MR) is 138 cm³/mol. The fourth-order valence-electron chi connectivity index (χ4n) is 4.34. The second-order valence-electron chi connectivity index (χ2n) is 9.04. The number of pyridine rings is 2. The maximum absolute atomic E-state index is 9.70. The number of hydrogen-bond donors (Lipinski definition) is 1. The van der Waals surface area contributed by atoms with E-state index >= 15 is 0 Å². The Morgan fingerprint density at radius 1 is 1.03 bits per heavy atom. The molecule has 0 unspecified atom stereocenters. The van der Waals surface area contributed by atoms with Crippen molar-refractivity contribution in [2.24, 2.45) is 0 Å². The number of nitrogens with one attached hydrogen (secondary N) is 1. The van der Waals surface area contributed by atoms with Gasteiger partial charge in [-0.05, 0) is 19.2 Å². The van der Waals surface area contributed by atoms with Gasteiger partial charge in [-0.15, -0.1) is 0 Å². The lowest BCUT2D eigenvalue weighted by atomic mass is 10.1. The molecule has 0 saturated carbocycles. The average molecular weight is 503 g/mol. The highest BCUT2D eigenvalue weighted by molar-refractivity contribution is 5.65. The smallest absolute Gasteiger partial charge is 0.227 e. The number of nitrogens with zero attached hydrogens (tertiary/aromatic N) is 7. The lowest BCUT2D eigenvalue weighted by Crippen LogP contribution is -2.44. The molecule has 37 heavy (non-hydrogen) atoms. The molecule has 0 aliphatic carbocycles. The lowest BCUT2D eigenvalue weighted by molar-refractivity contribution is 0.0253. The van der Waals surface area contributed by atoms with Crippen LogP contribution in [0.2, 0.25) is 0 Å². The molecule has 2 fully saturated rings. The summed E-state index contributed by atoms with van der Waals surface area (Å²) in [5.74, 6) is 2.37. The normalized spacial score (nSPS) is 16.7. The fourth-order valence-corrected chi connectivity index (χ4v) is 4.34. The van der Waals surface area contributed by atoms with Gasteiger partial charge in [0.15, 0.2) is 17.3 Å². The molecule has 2 saturated heterocycles. The summed E-state index contributed by atoms with van der Waals surface area (Å²) in [5, 5.41) is 12.9. The van der Waals surface area contributed by atoms with Gasteiger partial charge >= 0.3 is 0 Å². The Balaban J connectivity index is 1.32. The highest BCUT2D eigenvalue weighted by Crippen LogP contribution is 2.31. The molecule has 5 heterocycles. The Bertz CT molecular complexity index is 1270. The molecule has 11 heteroatoms.